The van der Waals surface area contributed by atoms with Gasteiger partial charge in [0.25, 0.3) is 11.8 Å². The predicted molar refractivity (Wildman–Crippen MR) is 48.2 cm³/mol. The number of rotatable bonds is 0. The Hall–Kier alpha value is -1.56. The molecule has 0 unspecified atom stereocenters. The van der Waals surface area contributed by atoms with E-state index in [0.717, 1.165) is 4.90 Å². The Morgan fingerprint density at radius 2 is 1.62 bits per heavy atom. The van der Waals surface area contributed by atoms with Crippen LogP contribution in [0.1, 0.15) is 20.8 Å². The lowest BCUT2D eigenvalue weighted by molar-refractivity contribution is -0.132. The molecular weight excluding hydrogens is 166 g/mol. The van der Waals surface area contributed by atoms with Crippen molar-refractivity contribution in [1.82, 2.24) is 4.90 Å². The van der Waals surface area contributed by atoms with E-state index >= 15 is 0 Å². The van der Waals surface area contributed by atoms with Crippen LogP contribution < -0.4 is 0 Å². The Kier molecular flexibility index (Phi) is 2.24. The molecule has 0 spiro atoms. The van der Waals surface area contributed by atoms with Crippen molar-refractivity contribution in [2.45, 2.75) is 20.8 Å². The van der Waals surface area contributed by atoms with Crippen LogP contribution in [0.5, 0.6) is 0 Å². The van der Waals surface area contributed by atoms with E-state index in [9.17, 15) is 9.59 Å². The first-order chi connectivity index (χ1) is 5.90. The summed E-state index contributed by atoms with van der Waals surface area (Å²) in [6, 6.07) is 2.54. The van der Waals surface area contributed by atoms with Gasteiger partial charge in [0, 0.05) is 23.6 Å². The first-order valence-corrected chi connectivity index (χ1v) is 3.99. The summed E-state index contributed by atoms with van der Waals surface area (Å²) in [5, 5.41) is 0. The molecule has 0 atom stereocenters. The van der Waals surface area contributed by atoms with Gasteiger partial charge in [0.1, 0.15) is 0 Å². The molecule has 0 radical (unpaired) electrons. The van der Waals surface area contributed by atoms with E-state index < -0.39 is 0 Å². The minimum atomic E-state index is -0.359. The van der Waals surface area contributed by atoms with Crippen molar-refractivity contribution in [3.05, 3.63) is 12.2 Å². The molecule has 2 amide bonds. The first kappa shape index (κ1) is 9.53. The van der Waals surface area contributed by atoms with Crippen LogP contribution in [0, 0.1) is 17.4 Å². The van der Waals surface area contributed by atoms with E-state index in [1.807, 2.05) is 20.8 Å². The minimum absolute atomic E-state index is 0.205. The van der Waals surface area contributed by atoms with E-state index in [1.165, 1.54) is 12.2 Å². The molecule has 1 heterocycles. The second-order valence-corrected chi connectivity index (χ2v) is 3.83. The van der Waals surface area contributed by atoms with E-state index in [4.69, 9.17) is 0 Å². The van der Waals surface area contributed by atoms with Gasteiger partial charge in [-0.05, 0) is 20.8 Å². The maximum absolute atomic E-state index is 11.0. The van der Waals surface area contributed by atoms with E-state index in [0.29, 0.717) is 0 Å². The average Bonchev–Trinajstić information content (AvgIpc) is 2.27. The summed E-state index contributed by atoms with van der Waals surface area (Å²) < 4.78 is 0. The summed E-state index contributed by atoms with van der Waals surface area (Å²) in [5.74, 6) is 2.10. The Morgan fingerprint density at radius 3 is 2.00 bits per heavy atom. The van der Waals surface area contributed by atoms with Crippen LogP contribution in [-0.2, 0) is 9.59 Å². The monoisotopic (exact) mass is 177 g/mol. The Balaban J connectivity index is 2.80. The molecule has 1 aliphatic heterocycles. The first-order valence-electron chi connectivity index (χ1n) is 3.99. The average molecular weight is 177 g/mol. The zero-order chi connectivity index (χ0) is 10.1. The molecule has 3 heteroatoms. The van der Waals surface area contributed by atoms with Crippen molar-refractivity contribution >= 4 is 11.8 Å². The molecule has 0 aromatic carbocycles. The van der Waals surface area contributed by atoms with Crippen LogP contribution in [0.2, 0.25) is 0 Å². The van der Waals surface area contributed by atoms with Crippen molar-refractivity contribution in [3.63, 3.8) is 0 Å². The number of hydrogen-bond acceptors (Lipinski definition) is 2. The predicted octanol–water partition coefficient (Wildman–Crippen LogP) is 0.918. The van der Waals surface area contributed by atoms with Crippen LogP contribution in [-0.4, -0.2) is 16.7 Å². The largest absolute Gasteiger partial charge is 0.268 e. The highest BCUT2D eigenvalue weighted by molar-refractivity contribution is 6.14. The number of hydrogen-bond donors (Lipinski definition) is 0. The van der Waals surface area contributed by atoms with Gasteiger partial charge in [0.05, 0.1) is 0 Å². The summed E-state index contributed by atoms with van der Waals surface area (Å²) in [5.41, 5.74) is -0.205. The molecule has 1 aliphatic rings. The number of amides is 2. The van der Waals surface area contributed by atoms with Gasteiger partial charge in [0.15, 0.2) is 0 Å². The molecule has 0 aromatic heterocycles. The van der Waals surface area contributed by atoms with E-state index in [-0.39, 0.29) is 17.2 Å². The molecule has 0 saturated heterocycles. The highest BCUT2D eigenvalue weighted by Gasteiger charge is 2.21. The van der Waals surface area contributed by atoms with Crippen molar-refractivity contribution in [1.29, 1.82) is 0 Å². The molecular formula is C10H11NO2. The zero-order valence-electron chi connectivity index (χ0n) is 7.92. The Labute approximate surface area is 77.4 Å². The van der Waals surface area contributed by atoms with Gasteiger partial charge in [-0.15, -0.1) is 0 Å². The topological polar surface area (TPSA) is 37.4 Å². The fraction of sp³-hybridized carbons (Fsp3) is 0.400. The van der Waals surface area contributed by atoms with Crippen LogP contribution in [0.15, 0.2) is 12.2 Å². The summed E-state index contributed by atoms with van der Waals surface area (Å²) in [7, 11) is 0. The van der Waals surface area contributed by atoms with Crippen LogP contribution >= 0.6 is 0 Å². The van der Waals surface area contributed by atoms with Gasteiger partial charge >= 0.3 is 0 Å². The van der Waals surface area contributed by atoms with Crippen molar-refractivity contribution in [2.75, 3.05) is 0 Å². The third kappa shape index (κ3) is 2.45. The molecule has 0 aliphatic carbocycles. The lowest BCUT2D eigenvalue weighted by Gasteiger charge is -2.09. The summed E-state index contributed by atoms with van der Waals surface area (Å²) in [6.45, 7) is 5.75. The minimum Gasteiger partial charge on any atom is -0.268 e. The SMILES string of the molecule is CC(C)(C)C#CN1C(=O)C=CC1=O. The molecule has 0 aromatic rings. The maximum Gasteiger partial charge on any atom is 0.265 e. The standard InChI is InChI=1S/C10H11NO2/c1-10(2,3)6-7-11-8(12)4-5-9(11)13/h4-5H,1-3H3. The zero-order valence-corrected chi connectivity index (χ0v) is 7.92. The van der Waals surface area contributed by atoms with Gasteiger partial charge < -0.3 is 0 Å². The molecule has 0 fully saturated rings. The highest BCUT2D eigenvalue weighted by Crippen LogP contribution is 2.11. The third-order valence-corrected chi connectivity index (χ3v) is 1.35. The summed E-state index contributed by atoms with van der Waals surface area (Å²) >= 11 is 0. The number of imide groups is 1. The number of carbonyl (C=O) groups is 2. The van der Waals surface area contributed by atoms with Gasteiger partial charge in [-0.2, -0.15) is 4.90 Å². The molecule has 3 nitrogen and oxygen atoms in total. The van der Waals surface area contributed by atoms with Gasteiger partial charge in [-0.25, -0.2) is 0 Å². The fourth-order valence-electron chi connectivity index (χ4n) is 0.734. The van der Waals surface area contributed by atoms with Crippen LogP contribution in [0.3, 0.4) is 0 Å². The van der Waals surface area contributed by atoms with Crippen LogP contribution in [0.4, 0.5) is 0 Å². The quantitative estimate of drug-likeness (QED) is 0.407. The van der Waals surface area contributed by atoms with E-state index in [1.54, 1.807) is 0 Å². The fourth-order valence-corrected chi connectivity index (χ4v) is 0.734. The number of nitrogens with zero attached hydrogens (tertiary/aromatic N) is 1. The summed E-state index contributed by atoms with van der Waals surface area (Å²) in [6.07, 6.45) is 2.44. The molecule has 68 valence electrons. The van der Waals surface area contributed by atoms with Crippen molar-refractivity contribution in [2.24, 2.45) is 5.41 Å². The number of carbonyl (C=O) groups excluding carboxylic acids is 2. The van der Waals surface area contributed by atoms with Gasteiger partial charge in [-0.1, -0.05) is 5.92 Å². The summed E-state index contributed by atoms with van der Waals surface area (Å²) in [4.78, 5) is 23.0. The second-order valence-electron chi connectivity index (χ2n) is 3.83. The Bertz CT molecular complexity index is 318. The molecule has 1 rings (SSSR count). The lowest BCUT2D eigenvalue weighted by atomic mass is 9.99. The Morgan fingerprint density at radius 1 is 1.15 bits per heavy atom. The maximum atomic E-state index is 11.0. The smallest absolute Gasteiger partial charge is 0.265 e. The van der Waals surface area contributed by atoms with Gasteiger partial charge in [0.2, 0.25) is 0 Å². The van der Waals surface area contributed by atoms with Crippen LogP contribution in [0.25, 0.3) is 0 Å². The van der Waals surface area contributed by atoms with E-state index in [2.05, 4.69) is 12.0 Å². The molecule has 0 saturated carbocycles. The molecule has 0 N–H and O–H groups in total. The normalized spacial score (nSPS) is 16.1. The van der Waals surface area contributed by atoms with Gasteiger partial charge in [-0.3, -0.25) is 9.59 Å². The second kappa shape index (κ2) is 3.06. The third-order valence-electron chi connectivity index (χ3n) is 1.35. The van der Waals surface area contributed by atoms with Crippen molar-refractivity contribution < 1.29 is 9.59 Å². The molecule has 0 bridgehead atoms. The van der Waals surface area contributed by atoms with Crippen molar-refractivity contribution in [3.8, 4) is 12.0 Å². The molecule has 13 heavy (non-hydrogen) atoms. The lowest BCUT2D eigenvalue weighted by Crippen LogP contribution is -2.24. The highest BCUT2D eigenvalue weighted by atomic mass is 16.2.